The largest absolute Gasteiger partial charge is 0.478 e. The van der Waals surface area contributed by atoms with Gasteiger partial charge in [0.25, 0.3) is 0 Å². The van der Waals surface area contributed by atoms with Gasteiger partial charge in [-0.05, 0) is 36.6 Å². The van der Waals surface area contributed by atoms with E-state index in [1.807, 2.05) is 41.1 Å². The van der Waals surface area contributed by atoms with Crippen molar-refractivity contribution in [2.45, 2.75) is 33.2 Å². The molecule has 5 heteroatoms. The van der Waals surface area contributed by atoms with Crippen molar-refractivity contribution in [2.24, 2.45) is 0 Å². The van der Waals surface area contributed by atoms with Gasteiger partial charge in [-0.15, -0.1) is 11.8 Å². The van der Waals surface area contributed by atoms with Crippen molar-refractivity contribution in [2.75, 3.05) is 0 Å². The lowest BCUT2D eigenvalue weighted by molar-refractivity contribution is 0.0697. The van der Waals surface area contributed by atoms with Gasteiger partial charge >= 0.3 is 5.97 Å². The van der Waals surface area contributed by atoms with Crippen LogP contribution < -0.4 is 0 Å². The number of hydrogen-bond donors (Lipinski definition) is 1. The Labute approximate surface area is 170 Å². The molecule has 0 unspecified atom stereocenters. The summed E-state index contributed by atoms with van der Waals surface area (Å²) in [6, 6.07) is 14.8. The molecular weight excluding hydrogens is 362 g/mol. The SMILES string of the molecule is CC#CCc1nc(CC#CC)n(Cc2ccc(-c3ccccc3C(=O)O)cc2)n1. The van der Waals surface area contributed by atoms with Gasteiger partial charge in [0.2, 0.25) is 0 Å². The molecule has 0 spiro atoms. The van der Waals surface area contributed by atoms with E-state index in [0.29, 0.717) is 36.3 Å². The molecule has 0 saturated carbocycles. The zero-order valence-corrected chi connectivity index (χ0v) is 16.4. The molecule has 2 aromatic carbocycles. The molecule has 0 bridgehead atoms. The molecular formula is C24H21N3O2. The van der Waals surface area contributed by atoms with E-state index in [1.165, 1.54) is 0 Å². The van der Waals surface area contributed by atoms with Crippen molar-refractivity contribution in [3.8, 4) is 34.8 Å². The highest BCUT2D eigenvalue weighted by Gasteiger charge is 2.12. The summed E-state index contributed by atoms with van der Waals surface area (Å²) in [5.41, 5.74) is 2.90. The van der Waals surface area contributed by atoms with Gasteiger partial charge in [-0.25, -0.2) is 14.5 Å². The molecule has 3 rings (SSSR count). The van der Waals surface area contributed by atoms with Gasteiger partial charge in [-0.1, -0.05) is 54.3 Å². The average Bonchev–Trinajstić information content (AvgIpc) is 3.12. The molecule has 0 aliphatic heterocycles. The minimum Gasteiger partial charge on any atom is -0.478 e. The smallest absolute Gasteiger partial charge is 0.336 e. The van der Waals surface area contributed by atoms with E-state index in [4.69, 9.17) is 0 Å². The predicted octanol–water partition coefficient (Wildman–Crippen LogP) is 3.82. The van der Waals surface area contributed by atoms with Crippen molar-refractivity contribution in [3.05, 3.63) is 71.3 Å². The van der Waals surface area contributed by atoms with Crippen LogP contribution in [-0.4, -0.2) is 25.8 Å². The summed E-state index contributed by atoms with van der Waals surface area (Å²) in [5.74, 6) is 12.4. The standard InChI is InChI=1S/C24H21N3O2/c1-3-5-11-22-25-23(12-6-4-2)27(26-22)17-18-13-15-19(16-14-18)20-9-7-8-10-21(20)24(28)29/h7-10,13-16H,11-12,17H2,1-2H3,(H,28,29). The van der Waals surface area contributed by atoms with Crippen molar-refractivity contribution in [1.82, 2.24) is 14.8 Å². The maximum atomic E-state index is 11.5. The summed E-state index contributed by atoms with van der Waals surface area (Å²) in [4.78, 5) is 16.0. The molecule has 0 aliphatic rings. The van der Waals surface area contributed by atoms with Gasteiger partial charge in [-0.2, -0.15) is 5.10 Å². The summed E-state index contributed by atoms with van der Waals surface area (Å²) in [5, 5.41) is 14.0. The fourth-order valence-corrected chi connectivity index (χ4v) is 2.98. The van der Waals surface area contributed by atoms with Gasteiger partial charge in [0.1, 0.15) is 5.82 Å². The van der Waals surface area contributed by atoms with E-state index in [1.54, 1.807) is 26.0 Å². The third-order valence-corrected chi connectivity index (χ3v) is 4.39. The van der Waals surface area contributed by atoms with Crippen LogP contribution in [0, 0.1) is 23.7 Å². The van der Waals surface area contributed by atoms with Crippen LogP contribution in [0.15, 0.2) is 48.5 Å². The summed E-state index contributed by atoms with van der Waals surface area (Å²) < 4.78 is 1.86. The molecule has 144 valence electrons. The first-order valence-corrected chi connectivity index (χ1v) is 9.25. The Balaban J connectivity index is 1.86. The molecule has 1 aromatic heterocycles. The first-order valence-electron chi connectivity index (χ1n) is 9.25. The topological polar surface area (TPSA) is 68.0 Å². The molecule has 29 heavy (non-hydrogen) atoms. The molecule has 0 fully saturated rings. The number of aromatic nitrogens is 3. The average molecular weight is 383 g/mol. The first kappa shape index (κ1) is 19.9. The van der Waals surface area contributed by atoms with Crippen molar-refractivity contribution in [1.29, 1.82) is 0 Å². The van der Waals surface area contributed by atoms with Crippen LogP contribution in [0.1, 0.15) is 41.4 Å². The van der Waals surface area contributed by atoms with Crippen LogP contribution in [0.5, 0.6) is 0 Å². The van der Waals surface area contributed by atoms with Crippen LogP contribution in [-0.2, 0) is 19.4 Å². The Kier molecular flexibility index (Phi) is 6.45. The molecule has 5 nitrogen and oxygen atoms in total. The zero-order chi connectivity index (χ0) is 20.6. The van der Waals surface area contributed by atoms with E-state index in [-0.39, 0.29) is 0 Å². The third kappa shape index (κ3) is 4.91. The lowest BCUT2D eigenvalue weighted by Crippen LogP contribution is -2.07. The number of benzene rings is 2. The lowest BCUT2D eigenvalue weighted by atomic mass is 9.99. The van der Waals surface area contributed by atoms with Crippen molar-refractivity contribution in [3.63, 3.8) is 0 Å². The second kappa shape index (κ2) is 9.39. The molecule has 0 aliphatic carbocycles. The highest BCUT2D eigenvalue weighted by molar-refractivity contribution is 5.95. The fourth-order valence-electron chi connectivity index (χ4n) is 2.98. The summed E-state index contributed by atoms with van der Waals surface area (Å²) in [7, 11) is 0. The minimum absolute atomic E-state index is 0.290. The third-order valence-electron chi connectivity index (χ3n) is 4.39. The molecule has 1 heterocycles. The maximum absolute atomic E-state index is 11.5. The highest BCUT2D eigenvalue weighted by atomic mass is 16.4. The molecule has 0 amide bonds. The van der Waals surface area contributed by atoms with Gasteiger partial charge in [-0.3, -0.25) is 0 Å². The summed E-state index contributed by atoms with van der Waals surface area (Å²) in [6.45, 7) is 4.16. The highest BCUT2D eigenvalue weighted by Crippen LogP contribution is 2.24. The summed E-state index contributed by atoms with van der Waals surface area (Å²) in [6.07, 6.45) is 1.05. The molecule has 3 aromatic rings. The maximum Gasteiger partial charge on any atom is 0.336 e. The number of hydrogen-bond acceptors (Lipinski definition) is 3. The molecule has 0 saturated heterocycles. The molecule has 0 atom stereocenters. The van der Waals surface area contributed by atoms with Crippen molar-refractivity contribution < 1.29 is 9.90 Å². The predicted molar refractivity (Wildman–Crippen MR) is 112 cm³/mol. The van der Waals surface area contributed by atoms with Gasteiger partial charge in [0.15, 0.2) is 5.82 Å². The molecule has 1 N–H and O–H groups in total. The second-order valence-corrected chi connectivity index (χ2v) is 6.36. The van der Waals surface area contributed by atoms with Gasteiger partial charge in [0.05, 0.1) is 24.9 Å². The van der Waals surface area contributed by atoms with Crippen LogP contribution in [0.2, 0.25) is 0 Å². The summed E-state index contributed by atoms with van der Waals surface area (Å²) >= 11 is 0. The minimum atomic E-state index is -0.934. The van der Waals surface area contributed by atoms with Crippen LogP contribution in [0.25, 0.3) is 11.1 Å². The Morgan fingerprint density at radius 3 is 2.38 bits per heavy atom. The normalized spacial score (nSPS) is 9.86. The lowest BCUT2D eigenvalue weighted by Gasteiger charge is -2.08. The zero-order valence-electron chi connectivity index (χ0n) is 16.4. The number of aromatic carboxylic acids is 1. The fraction of sp³-hybridized carbons (Fsp3) is 0.208. The second-order valence-electron chi connectivity index (χ2n) is 6.36. The monoisotopic (exact) mass is 383 g/mol. The van der Waals surface area contributed by atoms with E-state index in [0.717, 1.165) is 17.0 Å². The van der Waals surface area contributed by atoms with Crippen LogP contribution in [0.4, 0.5) is 0 Å². The Bertz CT molecular complexity index is 1140. The number of nitrogens with zero attached hydrogens (tertiary/aromatic N) is 3. The van der Waals surface area contributed by atoms with Crippen LogP contribution in [0.3, 0.4) is 0 Å². The number of rotatable bonds is 6. The van der Waals surface area contributed by atoms with E-state index >= 15 is 0 Å². The van der Waals surface area contributed by atoms with Gasteiger partial charge in [0, 0.05) is 0 Å². The Morgan fingerprint density at radius 2 is 1.69 bits per heavy atom. The van der Waals surface area contributed by atoms with Crippen molar-refractivity contribution >= 4 is 5.97 Å². The first-order chi connectivity index (χ1) is 14.1. The molecule has 0 radical (unpaired) electrons. The number of carboxylic acid groups (broad SMARTS) is 1. The van der Waals surface area contributed by atoms with Gasteiger partial charge < -0.3 is 5.11 Å². The Morgan fingerprint density at radius 1 is 1.00 bits per heavy atom. The van der Waals surface area contributed by atoms with E-state index in [9.17, 15) is 9.90 Å². The Hall–Kier alpha value is -3.83. The van der Waals surface area contributed by atoms with Crippen LogP contribution >= 0.6 is 0 Å². The quantitative estimate of drug-likeness (QED) is 0.657. The van der Waals surface area contributed by atoms with E-state index < -0.39 is 5.97 Å². The number of carboxylic acids is 1. The van der Waals surface area contributed by atoms with E-state index in [2.05, 4.69) is 33.8 Å². The number of carbonyl (C=O) groups is 1.